The lowest BCUT2D eigenvalue weighted by molar-refractivity contribution is 0.0972. The average Bonchev–Trinajstić information content (AvgIpc) is 3.25. The molecule has 2 unspecified atom stereocenters. The van der Waals surface area contributed by atoms with Crippen LogP contribution in [0.5, 0.6) is 0 Å². The van der Waals surface area contributed by atoms with Gasteiger partial charge in [-0.1, -0.05) is 78.8 Å². The Hall–Kier alpha value is -1.97. The van der Waals surface area contributed by atoms with Crippen LogP contribution in [-0.4, -0.2) is 15.2 Å². The summed E-state index contributed by atoms with van der Waals surface area (Å²) in [5.74, 6) is 0.178. The van der Waals surface area contributed by atoms with Crippen molar-refractivity contribution in [2.45, 2.75) is 104 Å². The monoisotopic (exact) mass is 447 g/mol. The Morgan fingerprint density at radius 1 is 1.09 bits per heavy atom. The topological polar surface area (TPSA) is 53.4 Å². The predicted octanol–water partition coefficient (Wildman–Crippen LogP) is 7.16. The number of aromatic nitrogens is 1. The summed E-state index contributed by atoms with van der Waals surface area (Å²) in [4.78, 5) is 5.15. The molecule has 0 radical (unpaired) electrons. The number of allylic oxidation sites excluding steroid dienone is 2. The summed E-state index contributed by atoms with van der Waals surface area (Å²) in [6.07, 6.45) is 5.74. The Bertz CT molecular complexity index is 1050. The van der Waals surface area contributed by atoms with E-state index in [1.165, 1.54) is 11.1 Å². The first-order chi connectivity index (χ1) is 15.4. The maximum atomic E-state index is 11.8. The van der Waals surface area contributed by atoms with E-state index >= 15 is 0 Å². The molecule has 0 aliphatic heterocycles. The van der Waals surface area contributed by atoms with Gasteiger partial charge in [0, 0.05) is 22.5 Å². The lowest BCUT2D eigenvalue weighted by atomic mass is 9.71. The molecule has 1 aromatic heterocycles. The zero-order chi connectivity index (χ0) is 24.1. The van der Waals surface area contributed by atoms with Crippen molar-refractivity contribution in [3.05, 3.63) is 69.5 Å². The lowest BCUT2D eigenvalue weighted by Gasteiger charge is -2.37. The Balaban J connectivity index is 1.94. The van der Waals surface area contributed by atoms with Crippen molar-refractivity contribution >= 4 is 5.57 Å². The number of aliphatic hydroxyl groups is 2. The van der Waals surface area contributed by atoms with Crippen molar-refractivity contribution in [2.24, 2.45) is 5.41 Å². The molecule has 3 nitrogen and oxygen atoms in total. The van der Waals surface area contributed by atoms with E-state index in [1.807, 2.05) is 0 Å². The van der Waals surface area contributed by atoms with Gasteiger partial charge in [-0.05, 0) is 71.1 Å². The molecule has 1 aromatic carbocycles. The second kappa shape index (κ2) is 8.67. The van der Waals surface area contributed by atoms with Crippen molar-refractivity contribution in [2.75, 3.05) is 0 Å². The van der Waals surface area contributed by atoms with Crippen molar-refractivity contribution in [1.82, 2.24) is 4.98 Å². The molecular weight excluding hydrogens is 406 g/mol. The molecule has 0 bridgehead atoms. The van der Waals surface area contributed by atoms with Crippen LogP contribution in [0, 0.1) is 5.41 Å². The first-order valence-corrected chi connectivity index (χ1v) is 12.6. The standard InChI is InChI=1S/C30H41NO2/c1-18(2)27-26(28(33)20-12-14-21(15-13-20)29(3,4)5)24(19-10-8-9-11-19)25-22(31-27)16-30(6,7)17-23(25)32/h10,12-15,18,23,28,32-33H,8-9,11,16-17H2,1-7H3. The first-order valence-electron chi connectivity index (χ1n) is 12.6. The lowest BCUT2D eigenvalue weighted by Crippen LogP contribution is -2.29. The number of benzene rings is 1. The zero-order valence-corrected chi connectivity index (χ0v) is 21.5. The summed E-state index contributed by atoms with van der Waals surface area (Å²) >= 11 is 0. The highest BCUT2D eigenvalue weighted by Crippen LogP contribution is 2.48. The number of aliphatic hydroxyl groups excluding tert-OH is 2. The molecule has 2 aliphatic rings. The summed E-state index contributed by atoms with van der Waals surface area (Å²) in [6.45, 7) is 15.4. The third-order valence-corrected chi connectivity index (χ3v) is 7.38. The smallest absolute Gasteiger partial charge is 0.106 e. The van der Waals surface area contributed by atoms with Gasteiger partial charge in [-0.25, -0.2) is 0 Å². The molecule has 33 heavy (non-hydrogen) atoms. The Morgan fingerprint density at radius 3 is 2.30 bits per heavy atom. The number of hydrogen-bond acceptors (Lipinski definition) is 3. The minimum atomic E-state index is -0.771. The van der Waals surface area contributed by atoms with Crippen molar-refractivity contribution in [3.63, 3.8) is 0 Å². The molecule has 2 N–H and O–H groups in total. The molecule has 0 fully saturated rings. The van der Waals surface area contributed by atoms with E-state index in [2.05, 4.69) is 78.8 Å². The fourth-order valence-electron chi connectivity index (χ4n) is 5.62. The van der Waals surface area contributed by atoms with Gasteiger partial charge < -0.3 is 10.2 Å². The SMILES string of the molecule is CC(C)c1nc2c(c(C3=CCCC3)c1C(O)c1ccc(C(C)(C)C)cc1)C(O)CC(C)(C)C2. The molecular formula is C30H41NO2. The van der Waals surface area contributed by atoms with E-state index in [0.717, 1.165) is 65.7 Å². The predicted molar refractivity (Wildman–Crippen MR) is 136 cm³/mol. The first kappa shape index (κ1) is 24.2. The van der Waals surface area contributed by atoms with Gasteiger partial charge in [-0.15, -0.1) is 0 Å². The highest BCUT2D eigenvalue weighted by Gasteiger charge is 2.38. The van der Waals surface area contributed by atoms with E-state index in [0.29, 0.717) is 0 Å². The van der Waals surface area contributed by atoms with Crippen LogP contribution in [0.3, 0.4) is 0 Å². The minimum Gasteiger partial charge on any atom is -0.388 e. The van der Waals surface area contributed by atoms with Gasteiger partial charge in [-0.2, -0.15) is 0 Å². The van der Waals surface area contributed by atoms with Crippen LogP contribution in [0.2, 0.25) is 0 Å². The summed E-state index contributed by atoms with van der Waals surface area (Å²) in [5, 5.41) is 23.1. The van der Waals surface area contributed by atoms with Crippen LogP contribution in [0.15, 0.2) is 30.3 Å². The molecule has 0 saturated heterocycles. The summed E-state index contributed by atoms with van der Waals surface area (Å²) in [7, 11) is 0. The number of pyridine rings is 1. The molecule has 4 rings (SSSR count). The van der Waals surface area contributed by atoms with Crippen LogP contribution in [0.4, 0.5) is 0 Å². The average molecular weight is 448 g/mol. The molecule has 3 heteroatoms. The molecule has 178 valence electrons. The largest absolute Gasteiger partial charge is 0.388 e. The van der Waals surface area contributed by atoms with E-state index in [1.54, 1.807) is 0 Å². The number of nitrogens with zero attached hydrogens (tertiary/aromatic N) is 1. The van der Waals surface area contributed by atoms with Crippen LogP contribution < -0.4 is 0 Å². The van der Waals surface area contributed by atoms with E-state index in [-0.39, 0.29) is 16.7 Å². The zero-order valence-electron chi connectivity index (χ0n) is 21.5. The van der Waals surface area contributed by atoms with Gasteiger partial charge in [0.25, 0.3) is 0 Å². The van der Waals surface area contributed by atoms with Crippen LogP contribution in [0.25, 0.3) is 5.57 Å². The van der Waals surface area contributed by atoms with Gasteiger partial charge in [0.15, 0.2) is 0 Å². The summed E-state index contributed by atoms with van der Waals surface area (Å²) in [6, 6.07) is 8.37. The second-order valence-corrected chi connectivity index (χ2v) is 12.3. The van der Waals surface area contributed by atoms with E-state index < -0.39 is 12.2 Å². The summed E-state index contributed by atoms with van der Waals surface area (Å²) < 4.78 is 0. The molecule has 0 amide bonds. The number of hydrogen-bond donors (Lipinski definition) is 2. The fourth-order valence-corrected chi connectivity index (χ4v) is 5.62. The highest BCUT2D eigenvalue weighted by molar-refractivity contribution is 5.75. The third-order valence-electron chi connectivity index (χ3n) is 7.38. The van der Waals surface area contributed by atoms with Crippen LogP contribution >= 0.6 is 0 Å². The second-order valence-electron chi connectivity index (χ2n) is 12.3. The van der Waals surface area contributed by atoms with Crippen molar-refractivity contribution in [3.8, 4) is 0 Å². The van der Waals surface area contributed by atoms with Crippen molar-refractivity contribution < 1.29 is 10.2 Å². The molecule has 2 aromatic rings. The van der Waals surface area contributed by atoms with Gasteiger partial charge in [0.05, 0.1) is 6.10 Å². The summed E-state index contributed by atoms with van der Waals surface area (Å²) in [5.41, 5.74) is 8.42. The molecule has 0 spiro atoms. The Morgan fingerprint density at radius 2 is 1.76 bits per heavy atom. The highest BCUT2D eigenvalue weighted by atomic mass is 16.3. The molecule has 0 saturated carbocycles. The fraction of sp³-hybridized carbons (Fsp3) is 0.567. The molecule has 2 aliphatic carbocycles. The van der Waals surface area contributed by atoms with Crippen LogP contribution in [0.1, 0.15) is 131 Å². The van der Waals surface area contributed by atoms with Gasteiger partial charge >= 0.3 is 0 Å². The van der Waals surface area contributed by atoms with Gasteiger partial charge in [0.1, 0.15) is 6.10 Å². The van der Waals surface area contributed by atoms with Gasteiger partial charge in [-0.3, -0.25) is 4.98 Å². The molecule has 2 atom stereocenters. The minimum absolute atomic E-state index is 0.0118. The normalized spacial score (nSPS) is 21.2. The Kier molecular flexibility index (Phi) is 6.35. The van der Waals surface area contributed by atoms with Crippen molar-refractivity contribution in [1.29, 1.82) is 0 Å². The van der Waals surface area contributed by atoms with Crippen LogP contribution in [-0.2, 0) is 11.8 Å². The third kappa shape index (κ3) is 4.68. The van der Waals surface area contributed by atoms with E-state index in [9.17, 15) is 10.2 Å². The number of fused-ring (bicyclic) bond motifs is 1. The maximum Gasteiger partial charge on any atom is 0.106 e. The maximum absolute atomic E-state index is 11.8. The number of rotatable bonds is 4. The van der Waals surface area contributed by atoms with Gasteiger partial charge in [0.2, 0.25) is 0 Å². The Labute approximate surface area is 200 Å². The molecule has 1 heterocycles. The quantitative estimate of drug-likeness (QED) is 0.523. The van der Waals surface area contributed by atoms with E-state index in [4.69, 9.17) is 4.98 Å².